The summed E-state index contributed by atoms with van der Waals surface area (Å²) in [5.74, 6) is 0.132. The highest BCUT2D eigenvalue weighted by atomic mass is 16.5. The monoisotopic (exact) mass is 241 g/mol. The Balaban J connectivity index is 2.57. The number of nitrogens with zero attached hydrogens (tertiary/aromatic N) is 1. The normalized spacial score (nSPS) is 25.1. The summed E-state index contributed by atoms with van der Waals surface area (Å²) < 4.78 is 5.21. The van der Waals surface area contributed by atoms with Crippen LogP contribution in [0.1, 0.15) is 40.5 Å². The summed E-state index contributed by atoms with van der Waals surface area (Å²) in [7, 11) is 0. The topological polar surface area (TPSA) is 46.6 Å². The van der Waals surface area contributed by atoms with E-state index in [1.165, 1.54) is 4.90 Å². The Morgan fingerprint density at radius 2 is 2.06 bits per heavy atom. The lowest BCUT2D eigenvalue weighted by Gasteiger charge is -2.26. The second kappa shape index (κ2) is 5.63. The fourth-order valence-electron chi connectivity index (χ4n) is 2.05. The predicted octanol–water partition coefficient (Wildman–Crippen LogP) is 1.83. The maximum absolute atomic E-state index is 12.2. The molecule has 1 aliphatic heterocycles. The Morgan fingerprint density at radius 3 is 2.53 bits per heavy atom. The molecule has 0 spiro atoms. The summed E-state index contributed by atoms with van der Waals surface area (Å²) in [6.45, 7) is 9.57. The second-order valence-corrected chi connectivity index (χ2v) is 5.15. The summed E-state index contributed by atoms with van der Waals surface area (Å²) in [4.78, 5) is 25.4. The van der Waals surface area contributed by atoms with Gasteiger partial charge >= 0.3 is 0 Å². The average molecular weight is 241 g/mol. The standard InChI is InChI=1S/C13H23NO3/c1-5-17-8-6-7-14-11(15)9-13(4,10(2)3)12(14)16/h10H,5-9H2,1-4H3. The molecule has 1 rings (SSSR count). The summed E-state index contributed by atoms with van der Waals surface area (Å²) in [5, 5.41) is 0. The first kappa shape index (κ1) is 14.2. The molecule has 0 aromatic carbocycles. The maximum Gasteiger partial charge on any atom is 0.235 e. The minimum atomic E-state index is -0.511. The molecule has 1 saturated heterocycles. The molecule has 1 atom stereocenters. The van der Waals surface area contributed by atoms with Crippen molar-refractivity contribution in [3.05, 3.63) is 0 Å². The molecule has 1 aliphatic rings. The average Bonchev–Trinajstić information content (AvgIpc) is 2.48. The Kier molecular flexibility index (Phi) is 4.69. The number of likely N-dealkylation sites (tertiary alicyclic amines) is 1. The van der Waals surface area contributed by atoms with E-state index in [4.69, 9.17) is 4.74 Å². The van der Waals surface area contributed by atoms with Crippen molar-refractivity contribution in [2.75, 3.05) is 19.8 Å². The summed E-state index contributed by atoms with van der Waals surface area (Å²) >= 11 is 0. The van der Waals surface area contributed by atoms with Gasteiger partial charge in [0.15, 0.2) is 0 Å². The van der Waals surface area contributed by atoms with Crippen LogP contribution in [0.15, 0.2) is 0 Å². The lowest BCUT2D eigenvalue weighted by Crippen LogP contribution is -2.37. The third kappa shape index (κ3) is 2.86. The van der Waals surface area contributed by atoms with Gasteiger partial charge in [0, 0.05) is 26.2 Å². The highest BCUT2D eigenvalue weighted by Crippen LogP contribution is 2.39. The van der Waals surface area contributed by atoms with E-state index in [1.54, 1.807) is 0 Å². The van der Waals surface area contributed by atoms with Crippen LogP contribution in [0.5, 0.6) is 0 Å². The van der Waals surface area contributed by atoms with E-state index in [1.807, 2.05) is 27.7 Å². The lowest BCUT2D eigenvalue weighted by atomic mass is 9.78. The van der Waals surface area contributed by atoms with E-state index in [2.05, 4.69) is 0 Å². The number of carbonyl (C=O) groups is 2. The van der Waals surface area contributed by atoms with Gasteiger partial charge in [-0.05, 0) is 26.2 Å². The number of hydrogen-bond donors (Lipinski definition) is 0. The molecule has 1 fully saturated rings. The van der Waals surface area contributed by atoms with Gasteiger partial charge in [-0.25, -0.2) is 0 Å². The van der Waals surface area contributed by atoms with Crippen LogP contribution in [0.4, 0.5) is 0 Å². The Labute approximate surface area is 103 Å². The Bertz CT molecular complexity index is 301. The summed E-state index contributed by atoms with van der Waals surface area (Å²) in [5.41, 5.74) is -0.511. The number of hydrogen-bond acceptors (Lipinski definition) is 3. The SMILES string of the molecule is CCOCCCN1C(=O)CC(C)(C(C)C)C1=O. The molecule has 98 valence electrons. The minimum absolute atomic E-state index is 0.0194. The molecule has 1 unspecified atom stereocenters. The molecular formula is C13H23NO3. The number of ether oxygens (including phenoxy) is 1. The predicted molar refractivity (Wildman–Crippen MR) is 65.4 cm³/mol. The molecular weight excluding hydrogens is 218 g/mol. The molecule has 0 radical (unpaired) electrons. The van der Waals surface area contributed by atoms with Gasteiger partial charge in [-0.1, -0.05) is 13.8 Å². The largest absolute Gasteiger partial charge is 0.382 e. The van der Waals surface area contributed by atoms with Crippen LogP contribution in [0.2, 0.25) is 0 Å². The van der Waals surface area contributed by atoms with Crippen molar-refractivity contribution in [3.63, 3.8) is 0 Å². The first-order valence-electron chi connectivity index (χ1n) is 6.36. The van der Waals surface area contributed by atoms with Crippen molar-refractivity contribution in [1.82, 2.24) is 4.90 Å². The number of carbonyl (C=O) groups excluding carboxylic acids is 2. The Morgan fingerprint density at radius 1 is 1.41 bits per heavy atom. The van der Waals surface area contributed by atoms with Crippen molar-refractivity contribution in [2.24, 2.45) is 11.3 Å². The van der Waals surface area contributed by atoms with Gasteiger partial charge in [-0.3, -0.25) is 14.5 Å². The van der Waals surface area contributed by atoms with Crippen LogP contribution in [0, 0.1) is 11.3 Å². The van der Waals surface area contributed by atoms with Crippen LogP contribution in [0.25, 0.3) is 0 Å². The molecule has 0 aromatic rings. The number of rotatable bonds is 6. The van der Waals surface area contributed by atoms with Crippen molar-refractivity contribution < 1.29 is 14.3 Å². The summed E-state index contributed by atoms with van der Waals surface area (Å²) in [6, 6.07) is 0. The molecule has 0 aromatic heterocycles. The molecule has 1 heterocycles. The first-order chi connectivity index (χ1) is 7.93. The highest BCUT2D eigenvalue weighted by molar-refractivity contribution is 6.05. The molecule has 0 bridgehead atoms. The van der Waals surface area contributed by atoms with E-state index >= 15 is 0 Å². The smallest absolute Gasteiger partial charge is 0.235 e. The van der Waals surface area contributed by atoms with Gasteiger partial charge in [-0.2, -0.15) is 0 Å². The fraction of sp³-hybridized carbons (Fsp3) is 0.846. The molecule has 2 amide bonds. The zero-order valence-electron chi connectivity index (χ0n) is 11.3. The minimum Gasteiger partial charge on any atom is -0.382 e. The van der Waals surface area contributed by atoms with Crippen molar-refractivity contribution in [2.45, 2.75) is 40.5 Å². The second-order valence-electron chi connectivity index (χ2n) is 5.15. The molecule has 4 nitrogen and oxygen atoms in total. The maximum atomic E-state index is 12.2. The van der Waals surface area contributed by atoms with Gasteiger partial charge in [-0.15, -0.1) is 0 Å². The number of amides is 2. The molecule has 17 heavy (non-hydrogen) atoms. The molecule has 0 aliphatic carbocycles. The van der Waals surface area contributed by atoms with Gasteiger partial charge < -0.3 is 4.74 Å². The van der Waals surface area contributed by atoms with Crippen LogP contribution < -0.4 is 0 Å². The van der Waals surface area contributed by atoms with E-state index in [9.17, 15) is 9.59 Å². The summed E-state index contributed by atoms with van der Waals surface area (Å²) in [6.07, 6.45) is 1.07. The molecule has 4 heteroatoms. The number of imide groups is 1. The molecule has 0 N–H and O–H groups in total. The van der Waals surface area contributed by atoms with E-state index in [-0.39, 0.29) is 17.7 Å². The zero-order chi connectivity index (χ0) is 13.1. The quantitative estimate of drug-likeness (QED) is 0.526. The zero-order valence-corrected chi connectivity index (χ0v) is 11.3. The van der Waals surface area contributed by atoms with Crippen molar-refractivity contribution in [3.8, 4) is 0 Å². The first-order valence-corrected chi connectivity index (χ1v) is 6.36. The van der Waals surface area contributed by atoms with Crippen LogP contribution in [-0.4, -0.2) is 36.5 Å². The van der Waals surface area contributed by atoms with Gasteiger partial charge in [0.1, 0.15) is 0 Å². The fourth-order valence-corrected chi connectivity index (χ4v) is 2.05. The highest BCUT2D eigenvalue weighted by Gasteiger charge is 2.49. The van der Waals surface area contributed by atoms with Crippen molar-refractivity contribution >= 4 is 11.8 Å². The van der Waals surface area contributed by atoms with Crippen LogP contribution >= 0.6 is 0 Å². The van der Waals surface area contributed by atoms with Crippen molar-refractivity contribution in [1.29, 1.82) is 0 Å². The van der Waals surface area contributed by atoms with Gasteiger partial charge in [0.05, 0.1) is 5.41 Å². The Hall–Kier alpha value is -0.900. The van der Waals surface area contributed by atoms with E-state index in [0.29, 0.717) is 26.2 Å². The van der Waals surface area contributed by atoms with E-state index in [0.717, 1.165) is 6.42 Å². The van der Waals surface area contributed by atoms with Crippen LogP contribution in [-0.2, 0) is 14.3 Å². The van der Waals surface area contributed by atoms with Gasteiger partial charge in [0.25, 0.3) is 0 Å². The third-order valence-electron chi connectivity index (χ3n) is 3.70. The lowest BCUT2D eigenvalue weighted by molar-refractivity contribution is -0.142. The molecule has 0 saturated carbocycles. The van der Waals surface area contributed by atoms with Gasteiger partial charge in [0.2, 0.25) is 11.8 Å². The van der Waals surface area contributed by atoms with Crippen LogP contribution in [0.3, 0.4) is 0 Å². The third-order valence-corrected chi connectivity index (χ3v) is 3.70. The van der Waals surface area contributed by atoms with E-state index < -0.39 is 5.41 Å².